The first-order valence-corrected chi connectivity index (χ1v) is 5.31. The molecule has 1 aromatic rings. The molecule has 0 spiro atoms. The van der Waals surface area contributed by atoms with E-state index in [1.807, 2.05) is 6.92 Å². The van der Waals surface area contributed by atoms with Crippen molar-refractivity contribution in [2.45, 2.75) is 32.9 Å². The van der Waals surface area contributed by atoms with Crippen molar-refractivity contribution < 1.29 is 13.2 Å². The van der Waals surface area contributed by atoms with Crippen LogP contribution < -0.4 is 5.32 Å². The van der Waals surface area contributed by atoms with Crippen LogP contribution in [0.4, 0.5) is 18.9 Å². The molecule has 0 aliphatic rings. The molecule has 0 heterocycles. The van der Waals surface area contributed by atoms with Crippen molar-refractivity contribution in [1.82, 2.24) is 0 Å². The molecule has 16 heavy (non-hydrogen) atoms. The number of hydrogen-bond acceptors (Lipinski definition) is 1. The van der Waals surface area contributed by atoms with Gasteiger partial charge in [-0.25, -0.2) is 0 Å². The smallest absolute Gasteiger partial charge is 0.385 e. The van der Waals surface area contributed by atoms with E-state index < -0.39 is 11.7 Å². The van der Waals surface area contributed by atoms with Crippen LogP contribution in [-0.2, 0) is 6.18 Å². The standard InChI is InChI=1S/C12H16F3N/c1-4-16-9-5-6-10(8(2)3)11(7-9)12(13,14)15/h5-8,16H,4H2,1-3H3. The highest BCUT2D eigenvalue weighted by molar-refractivity contribution is 5.50. The Bertz CT molecular complexity index is 356. The van der Waals surface area contributed by atoms with Crippen LogP contribution in [0, 0.1) is 0 Å². The van der Waals surface area contributed by atoms with Crippen molar-refractivity contribution >= 4 is 5.69 Å². The Morgan fingerprint density at radius 3 is 2.31 bits per heavy atom. The molecule has 0 amide bonds. The number of rotatable bonds is 3. The van der Waals surface area contributed by atoms with Crippen molar-refractivity contribution in [2.75, 3.05) is 11.9 Å². The molecule has 0 saturated heterocycles. The minimum atomic E-state index is -4.29. The Morgan fingerprint density at radius 2 is 1.88 bits per heavy atom. The quantitative estimate of drug-likeness (QED) is 0.819. The number of hydrogen-bond donors (Lipinski definition) is 1. The zero-order chi connectivity index (χ0) is 12.3. The first-order valence-electron chi connectivity index (χ1n) is 5.31. The lowest BCUT2D eigenvalue weighted by atomic mass is 9.96. The fourth-order valence-corrected chi connectivity index (χ4v) is 1.62. The summed E-state index contributed by atoms with van der Waals surface area (Å²) in [6.45, 7) is 5.98. The summed E-state index contributed by atoms with van der Waals surface area (Å²) in [5, 5.41) is 2.89. The topological polar surface area (TPSA) is 12.0 Å². The van der Waals surface area contributed by atoms with Crippen molar-refractivity contribution in [3.8, 4) is 0 Å². The predicted octanol–water partition coefficient (Wildman–Crippen LogP) is 4.26. The van der Waals surface area contributed by atoms with Crippen molar-refractivity contribution in [3.63, 3.8) is 0 Å². The van der Waals surface area contributed by atoms with E-state index in [2.05, 4.69) is 5.32 Å². The first kappa shape index (κ1) is 12.9. The lowest BCUT2D eigenvalue weighted by molar-refractivity contribution is -0.138. The summed E-state index contributed by atoms with van der Waals surface area (Å²) in [6, 6.07) is 4.42. The third-order valence-corrected chi connectivity index (χ3v) is 2.36. The van der Waals surface area contributed by atoms with Gasteiger partial charge in [-0.1, -0.05) is 19.9 Å². The third kappa shape index (κ3) is 2.90. The molecule has 4 heteroatoms. The van der Waals surface area contributed by atoms with Crippen LogP contribution in [0.3, 0.4) is 0 Å². The summed E-state index contributed by atoms with van der Waals surface area (Å²) in [6.07, 6.45) is -4.29. The van der Waals surface area contributed by atoms with Gasteiger partial charge in [0.25, 0.3) is 0 Å². The molecule has 1 N–H and O–H groups in total. The number of alkyl halides is 3. The molecule has 0 radical (unpaired) electrons. The van der Waals surface area contributed by atoms with Crippen LogP contribution in [0.15, 0.2) is 18.2 Å². The van der Waals surface area contributed by atoms with Gasteiger partial charge < -0.3 is 5.32 Å². The molecular formula is C12H16F3N. The molecule has 1 rings (SSSR count). The molecule has 1 aromatic carbocycles. The molecule has 0 aliphatic heterocycles. The Labute approximate surface area is 93.7 Å². The van der Waals surface area contributed by atoms with Crippen LogP contribution in [0.25, 0.3) is 0 Å². The van der Waals surface area contributed by atoms with E-state index >= 15 is 0 Å². The second-order valence-corrected chi connectivity index (χ2v) is 3.98. The number of nitrogens with one attached hydrogen (secondary N) is 1. The van der Waals surface area contributed by atoms with E-state index in [0.717, 1.165) is 0 Å². The van der Waals surface area contributed by atoms with Gasteiger partial charge >= 0.3 is 6.18 Å². The number of halogens is 3. The summed E-state index contributed by atoms with van der Waals surface area (Å²) in [7, 11) is 0. The molecule has 0 bridgehead atoms. The second-order valence-electron chi connectivity index (χ2n) is 3.98. The maximum absolute atomic E-state index is 12.8. The van der Waals surface area contributed by atoms with Gasteiger partial charge in [0, 0.05) is 12.2 Å². The average Bonchev–Trinajstić information content (AvgIpc) is 2.16. The molecule has 0 aliphatic carbocycles. The maximum Gasteiger partial charge on any atom is 0.416 e. The zero-order valence-electron chi connectivity index (χ0n) is 9.65. The highest BCUT2D eigenvalue weighted by atomic mass is 19.4. The lowest BCUT2D eigenvalue weighted by Crippen LogP contribution is -2.11. The van der Waals surface area contributed by atoms with Crippen LogP contribution in [0.2, 0.25) is 0 Å². The Balaban J connectivity index is 3.22. The normalized spacial score (nSPS) is 11.9. The van der Waals surface area contributed by atoms with Gasteiger partial charge in [0.15, 0.2) is 0 Å². The van der Waals surface area contributed by atoms with Gasteiger partial charge in [0.1, 0.15) is 0 Å². The molecule has 0 unspecified atom stereocenters. The number of anilines is 1. The third-order valence-electron chi connectivity index (χ3n) is 2.36. The van der Waals surface area contributed by atoms with E-state index in [1.165, 1.54) is 6.07 Å². The highest BCUT2D eigenvalue weighted by Crippen LogP contribution is 2.36. The van der Waals surface area contributed by atoms with Gasteiger partial charge in [-0.15, -0.1) is 0 Å². The van der Waals surface area contributed by atoms with Crippen molar-refractivity contribution in [1.29, 1.82) is 0 Å². The molecule has 0 fully saturated rings. The van der Waals surface area contributed by atoms with E-state index in [9.17, 15) is 13.2 Å². The van der Waals surface area contributed by atoms with Crippen molar-refractivity contribution in [3.05, 3.63) is 29.3 Å². The van der Waals surface area contributed by atoms with E-state index in [1.54, 1.807) is 26.0 Å². The SMILES string of the molecule is CCNc1ccc(C(C)C)c(C(F)(F)F)c1. The van der Waals surface area contributed by atoms with Gasteiger partial charge in [-0.3, -0.25) is 0 Å². The summed E-state index contributed by atoms with van der Waals surface area (Å²) in [4.78, 5) is 0. The Kier molecular flexibility index (Phi) is 3.83. The lowest BCUT2D eigenvalue weighted by Gasteiger charge is -2.17. The van der Waals surface area contributed by atoms with E-state index in [-0.39, 0.29) is 5.92 Å². The molecule has 0 atom stereocenters. The largest absolute Gasteiger partial charge is 0.416 e. The predicted molar refractivity (Wildman–Crippen MR) is 59.7 cm³/mol. The van der Waals surface area contributed by atoms with Gasteiger partial charge in [0.05, 0.1) is 5.56 Å². The summed E-state index contributed by atoms with van der Waals surface area (Å²) >= 11 is 0. The molecule has 0 saturated carbocycles. The molecular weight excluding hydrogens is 215 g/mol. The minimum Gasteiger partial charge on any atom is -0.385 e. The molecule has 0 aromatic heterocycles. The minimum absolute atomic E-state index is 0.132. The van der Waals surface area contributed by atoms with Gasteiger partial charge in [-0.2, -0.15) is 13.2 Å². The van der Waals surface area contributed by atoms with Crippen LogP contribution in [-0.4, -0.2) is 6.54 Å². The van der Waals surface area contributed by atoms with Crippen molar-refractivity contribution in [2.24, 2.45) is 0 Å². The zero-order valence-corrected chi connectivity index (χ0v) is 9.65. The molecule has 90 valence electrons. The Hall–Kier alpha value is -1.19. The van der Waals surface area contributed by atoms with E-state index in [0.29, 0.717) is 17.8 Å². The van der Waals surface area contributed by atoms with Crippen LogP contribution in [0.1, 0.15) is 37.8 Å². The van der Waals surface area contributed by atoms with Crippen LogP contribution >= 0.6 is 0 Å². The monoisotopic (exact) mass is 231 g/mol. The maximum atomic E-state index is 12.8. The van der Waals surface area contributed by atoms with Gasteiger partial charge in [-0.05, 0) is 30.5 Å². The fraction of sp³-hybridized carbons (Fsp3) is 0.500. The summed E-state index contributed by atoms with van der Waals surface area (Å²) in [5.74, 6) is -0.132. The fourth-order valence-electron chi connectivity index (χ4n) is 1.62. The Morgan fingerprint density at radius 1 is 1.25 bits per heavy atom. The summed E-state index contributed by atoms with van der Waals surface area (Å²) < 4.78 is 38.4. The summed E-state index contributed by atoms with van der Waals surface area (Å²) in [5.41, 5.74) is 0.314. The first-order chi connectivity index (χ1) is 7.36. The van der Waals surface area contributed by atoms with Crippen LogP contribution in [0.5, 0.6) is 0 Å². The average molecular weight is 231 g/mol. The second kappa shape index (κ2) is 4.76. The van der Waals surface area contributed by atoms with Gasteiger partial charge in [0.2, 0.25) is 0 Å². The van der Waals surface area contributed by atoms with E-state index in [4.69, 9.17) is 0 Å². The number of benzene rings is 1. The highest BCUT2D eigenvalue weighted by Gasteiger charge is 2.34. The molecule has 1 nitrogen and oxygen atoms in total.